The highest BCUT2D eigenvalue weighted by molar-refractivity contribution is 7.22. The molecule has 0 aliphatic carbocycles. The molecule has 0 spiro atoms. The van der Waals surface area contributed by atoms with Crippen LogP contribution in [0.3, 0.4) is 0 Å². The molecule has 0 amide bonds. The van der Waals surface area contributed by atoms with Crippen molar-refractivity contribution < 1.29 is 0 Å². The van der Waals surface area contributed by atoms with Gasteiger partial charge in [0.2, 0.25) is 0 Å². The van der Waals surface area contributed by atoms with Gasteiger partial charge in [-0.3, -0.25) is 4.99 Å². The van der Waals surface area contributed by atoms with Crippen LogP contribution in [-0.4, -0.2) is 23.9 Å². The van der Waals surface area contributed by atoms with Gasteiger partial charge < -0.3 is 4.90 Å². The topological polar surface area (TPSA) is 28.5 Å². The second-order valence-electron chi connectivity index (χ2n) is 3.54. The zero-order valence-corrected chi connectivity index (χ0v) is 9.29. The Kier molecular flexibility index (Phi) is 1.95. The van der Waals surface area contributed by atoms with E-state index in [2.05, 4.69) is 33.1 Å². The normalized spacial score (nSPS) is 16.1. The lowest BCUT2D eigenvalue weighted by molar-refractivity contribution is 1.02. The molecule has 3 nitrogen and oxygen atoms in total. The van der Waals surface area contributed by atoms with Crippen molar-refractivity contribution in [1.82, 2.24) is 4.98 Å². The number of amidine groups is 1. The molecule has 0 saturated carbocycles. The molecular weight excluding hydrogens is 206 g/mol. The second-order valence-corrected chi connectivity index (χ2v) is 4.55. The van der Waals surface area contributed by atoms with E-state index in [0.717, 1.165) is 29.6 Å². The lowest BCUT2D eigenvalue weighted by Gasteiger charge is -2.12. The molecule has 1 aromatic heterocycles. The van der Waals surface area contributed by atoms with Crippen molar-refractivity contribution in [1.29, 1.82) is 0 Å². The largest absolute Gasteiger partial charge is 0.304 e. The Bertz CT molecular complexity index is 496. The molecule has 76 valence electrons. The summed E-state index contributed by atoms with van der Waals surface area (Å²) in [4.78, 5) is 11.2. The van der Waals surface area contributed by atoms with E-state index in [0.29, 0.717) is 0 Å². The summed E-state index contributed by atoms with van der Waals surface area (Å²) in [6.07, 6.45) is 0. The highest BCUT2D eigenvalue weighted by Gasteiger charge is 2.17. The first-order chi connectivity index (χ1) is 7.34. The Morgan fingerprint density at radius 1 is 1.33 bits per heavy atom. The first-order valence-electron chi connectivity index (χ1n) is 4.99. The molecule has 3 rings (SSSR count). The van der Waals surface area contributed by atoms with Gasteiger partial charge in [0.05, 0.1) is 16.8 Å². The molecule has 0 radical (unpaired) electrons. The van der Waals surface area contributed by atoms with Crippen molar-refractivity contribution >= 4 is 32.5 Å². The molecule has 0 saturated heterocycles. The lowest BCUT2D eigenvalue weighted by atomic mass is 10.3. The molecule has 1 aliphatic rings. The number of anilines is 1. The van der Waals surface area contributed by atoms with Gasteiger partial charge in [0, 0.05) is 6.54 Å². The fourth-order valence-corrected chi connectivity index (χ4v) is 2.81. The highest BCUT2D eigenvalue weighted by Crippen LogP contribution is 2.29. The number of nitrogens with zero attached hydrogens (tertiary/aromatic N) is 3. The summed E-state index contributed by atoms with van der Waals surface area (Å²) < 4.78 is 1.24. The standard InChI is InChI=1S/C11H11N3S/c1-8-12-6-7-14(8)11-13-9-4-2-3-5-10(9)15-11/h2-5H,6-7H2,1H3. The van der Waals surface area contributed by atoms with Gasteiger partial charge in [-0.2, -0.15) is 0 Å². The Hall–Kier alpha value is -1.42. The Morgan fingerprint density at radius 3 is 2.93 bits per heavy atom. The first-order valence-corrected chi connectivity index (χ1v) is 5.80. The van der Waals surface area contributed by atoms with E-state index in [9.17, 15) is 0 Å². The minimum Gasteiger partial charge on any atom is -0.304 e. The number of rotatable bonds is 1. The molecule has 2 heterocycles. The van der Waals surface area contributed by atoms with Crippen molar-refractivity contribution in [2.45, 2.75) is 6.92 Å². The van der Waals surface area contributed by atoms with Crippen molar-refractivity contribution in [3.8, 4) is 0 Å². The Balaban J connectivity index is 2.08. The van der Waals surface area contributed by atoms with Gasteiger partial charge >= 0.3 is 0 Å². The van der Waals surface area contributed by atoms with Gasteiger partial charge in [-0.1, -0.05) is 23.5 Å². The summed E-state index contributed by atoms with van der Waals surface area (Å²) in [5.74, 6) is 1.08. The number of aliphatic imine (C=N–C) groups is 1. The van der Waals surface area contributed by atoms with E-state index >= 15 is 0 Å². The molecule has 0 bridgehead atoms. The fraction of sp³-hybridized carbons (Fsp3) is 0.273. The number of hydrogen-bond acceptors (Lipinski definition) is 4. The van der Waals surface area contributed by atoms with Crippen LogP contribution in [0.25, 0.3) is 10.2 Å². The van der Waals surface area contributed by atoms with Crippen LogP contribution >= 0.6 is 11.3 Å². The molecule has 4 heteroatoms. The summed E-state index contributed by atoms with van der Waals surface area (Å²) >= 11 is 1.73. The molecule has 2 aromatic rings. The summed E-state index contributed by atoms with van der Waals surface area (Å²) in [5, 5.41) is 1.06. The second kappa shape index (κ2) is 3.31. The maximum absolute atomic E-state index is 4.61. The maximum Gasteiger partial charge on any atom is 0.191 e. The predicted molar refractivity (Wildman–Crippen MR) is 64.9 cm³/mol. The van der Waals surface area contributed by atoms with Crippen LogP contribution in [0.5, 0.6) is 0 Å². The smallest absolute Gasteiger partial charge is 0.191 e. The van der Waals surface area contributed by atoms with E-state index in [4.69, 9.17) is 0 Å². The van der Waals surface area contributed by atoms with Gasteiger partial charge in [0.25, 0.3) is 0 Å². The summed E-state index contributed by atoms with van der Waals surface area (Å²) in [6, 6.07) is 8.24. The zero-order valence-electron chi connectivity index (χ0n) is 8.47. The highest BCUT2D eigenvalue weighted by atomic mass is 32.1. The van der Waals surface area contributed by atoms with E-state index in [1.54, 1.807) is 11.3 Å². The average molecular weight is 217 g/mol. The SMILES string of the molecule is CC1=NCCN1c1nc2ccccc2s1. The number of benzene rings is 1. The maximum atomic E-state index is 4.61. The number of thiazole rings is 1. The molecule has 0 N–H and O–H groups in total. The molecule has 0 unspecified atom stereocenters. The van der Waals surface area contributed by atoms with E-state index in [1.165, 1.54) is 4.70 Å². The number of hydrogen-bond donors (Lipinski definition) is 0. The Labute approximate surface area is 92.1 Å². The third-order valence-electron chi connectivity index (χ3n) is 2.57. The lowest BCUT2D eigenvalue weighted by Crippen LogP contribution is -2.24. The van der Waals surface area contributed by atoms with Crippen LogP contribution < -0.4 is 4.90 Å². The molecular formula is C11H11N3S. The summed E-state index contributed by atoms with van der Waals surface area (Å²) in [7, 11) is 0. The quantitative estimate of drug-likeness (QED) is 0.734. The third kappa shape index (κ3) is 1.41. The molecule has 15 heavy (non-hydrogen) atoms. The van der Waals surface area contributed by atoms with Crippen LogP contribution in [0.15, 0.2) is 29.3 Å². The van der Waals surface area contributed by atoms with E-state index in [-0.39, 0.29) is 0 Å². The van der Waals surface area contributed by atoms with Crippen LogP contribution in [0.2, 0.25) is 0 Å². The van der Waals surface area contributed by atoms with Gasteiger partial charge in [0.15, 0.2) is 5.13 Å². The van der Waals surface area contributed by atoms with E-state index in [1.807, 2.05) is 13.0 Å². The summed E-state index contributed by atoms with van der Waals surface area (Å²) in [5.41, 5.74) is 1.08. The molecule has 1 aromatic carbocycles. The van der Waals surface area contributed by atoms with Gasteiger partial charge in [-0.15, -0.1) is 0 Å². The first kappa shape index (κ1) is 8.85. The monoisotopic (exact) mass is 217 g/mol. The third-order valence-corrected chi connectivity index (χ3v) is 3.63. The number of fused-ring (bicyclic) bond motifs is 1. The molecule has 0 fully saturated rings. The van der Waals surface area contributed by atoms with Crippen LogP contribution in [0.1, 0.15) is 6.92 Å². The van der Waals surface area contributed by atoms with Gasteiger partial charge in [0.1, 0.15) is 5.84 Å². The Morgan fingerprint density at radius 2 is 2.20 bits per heavy atom. The van der Waals surface area contributed by atoms with Crippen molar-refractivity contribution in [3.05, 3.63) is 24.3 Å². The molecule has 0 atom stereocenters. The van der Waals surface area contributed by atoms with Crippen LogP contribution in [-0.2, 0) is 0 Å². The van der Waals surface area contributed by atoms with Crippen molar-refractivity contribution in [2.24, 2.45) is 4.99 Å². The average Bonchev–Trinajstić information content (AvgIpc) is 2.82. The fourth-order valence-electron chi connectivity index (χ4n) is 1.77. The predicted octanol–water partition coefficient (Wildman–Crippen LogP) is 2.53. The van der Waals surface area contributed by atoms with Gasteiger partial charge in [-0.05, 0) is 19.1 Å². The minimum atomic E-state index is 0.891. The molecule has 1 aliphatic heterocycles. The number of aromatic nitrogens is 1. The van der Waals surface area contributed by atoms with Crippen molar-refractivity contribution in [2.75, 3.05) is 18.0 Å². The van der Waals surface area contributed by atoms with E-state index < -0.39 is 0 Å². The summed E-state index contributed by atoms with van der Waals surface area (Å²) in [6.45, 7) is 3.90. The van der Waals surface area contributed by atoms with Crippen LogP contribution in [0.4, 0.5) is 5.13 Å². The van der Waals surface area contributed by atoms with Crippen molar-refractivity contribution in [3.63, 3.8) is 0 Å². The zero-order chi connectivity index (χ0) is 10.3. The van der Waals surface area contributed by atoms with Crippen LogP contribution in [0, 0.1) is 0 Å². The van der Waals surface area contributed by atoms with Gasteiger partial charge in [-0.25, -0.2) is 4.98 Å². The minimum absolute atomic E-state index is 0.891. The number of para-hydroxylation sites is 1.